The Labute approximate surface area is 89.6 Å². The fourth-order valence-corrected chi connectivity index (χ4v) is 0.977. The molecule has 0 unspecified atom stereocenters. The lowest BCUT2D eigenvalue weighted by Gasteiger charge is -1.92. The second-order valence-electron chi connectivity index (χ2n) is 2.35. The largest absolute Gasteiger partial charge is 0.242 e. The predicted octanol–water partition coefficient (Wildman–Crippen LogP) is 2.95. The van der Waals surface area contributed by atoms with Crippen LogP contribution in [-0.2, 0) is 0 Å². The Bertz CT molecular complexity index is 396. The summed E-state index contributed by atoms with van der Waals surface area (Å²) in [6.45, 7) is 0. The van der Waals surface area contributed by atoms with Crippen LogP contribution in [0.15, 0.2) is 39.0 Å². The maximum atomic E-state index is 8.41. The monoisotopic (exact) mass is 248 g/mol. The van der Waals surface area contributed by atoms with Gasteiger partial charge in [-0.2, -0.15) is 20.8 Å². The Hall–Kier alpha value is -1.72. The van der Waals surface area contributed by atoms with E-state index in [4.69, 9.17) is 10.5 Å². The number of halogens is 1. The van der Waals surface area contributed by atoms with Crippen molar-refractivity contribution in [1.29, 1.82) is 10.5 Å². The van der Waals surface area contributed by atoms with Crippen LogP contribution in [0.3, 0.4) is 0 Å². The molecule has 0 saturated carbocycles. The van der Waals surface area contributed by atoms with Gasteiger partial charge in [-0.3, -0.25) is 0 Å². The van der Waals surface area contributed by atoms with Crippen molar-refractivity contribution in [2.75, 3.05) is 0 Å². The molecule has 0 heterocycles. The molecule has 0 aromatic heterocycles. The molecule has 0 bridgehead atoms. The normalized spacial score (nSPS) is 10.0. The summed E-state index contributed by atoms with van der Waals surface area (Å²) < 4.78 is 0.938. The molecule has 0 atom stereocenters. The molecule has 1 rings (SSSR count). The molecular formula is C9H5BrN4. The summed E-state index contributed by atoms with van der Waals surface area (Å²) in [5.41, 5.74) is 0.615. The molecule has 1 aromatic carbocycles. The van der Waals surface area contributed by atoms with E-state index in [0.29, 0.717) is 5.69 Å². The molecule has 4 nitrogen and oxygen atoms in total. The lowest BCUT2D eigenvalue weighted by molar-refractivity contribution is 0.949. The van der Waals surface area contributed by atoms with Gasteiger partial charge in [-0.05, 0) is 24.3 Å². The lowest BCUT2D eigenvalue weighted by atomic mass is 10.3. The summed E-state index contributed by atoms with van der Waals surface area (Å²) >= 11 is 3.28. The zero-order valence-electron chi connectivity index (χ0n) is 7.05. The van der Waals surface area contributed by atoms with Gasteiger partial charge in [0.05, 0.1) is 5.69 Å². The molecule has 0 amide bonds. The third kappa shape index (κ3) is 2.96. The fourth-order valence-electron chi connectivity index (χ4n) is 0.713. The number of hydrogen-bond acceptors (Lipinski definition) is 4. The van der Waals surface area contributed by atoms with E-state index in [1.807, 2.05) is 12.1 Å². The summed E-state index contributed by atoms with van der Waals surface area (Å²) in [4.78, 5) is 0. The molecule has 14 heavy (non-hydrogen) atoms. The van der Waals surface area contributed by atoms with Crippen LogP contribution in [-0.4, -0.2) is 6.04 Å². The molecule has 5 heteroatoms. The first-order valence-corrected chi connectivity index (χ1v) is 4.51. The van der Waals surface area contributed by atoms with Gasteiger partial charge < -0.3 is 0 Å². The minimum absolute atomic E-state index is 0.615. The number of hydrogen-bond donors (Lipinski definition) is 0. The van der Waals surface area contributed by atoms with Crippen molar-refractivity contribution in [3.8, 4) is 12.1 Å². The third-order valence-corrected chi connectivity index (χ3v) is 1.89. The predicted molar refractivity (Wildman–Crippen MR) is 53.7 cm³/mol. The highest BCUT2D eigenvalue weighted by atomic mass is 79.9. The molecule has 68 valence electrons. The van der Waals surface area contributed by atoms with Crippen LogP contribution in [0.5, 0.6) is 0 Å². The first kappa shape index (κ1) is 10.4. The molecule has 0 spiro atoms. The maximum absolute atomic E-state index is 8.41. The van der Waals surface area contributed by atoms with E-state index in [1.54, 1.807) is 24.3 Å². The smallest absolute Gasteiger partial charge is 0.195 e. The first-order chi connectivity index (χ1) is 6.76. The summed E-state index contributed by atoms with van der Waals surface area (Å²) in [5, 5.41) is 24.1. The Morgan fingerprint density at radius 1 is 1.14 bits per heavy atom. The molecular weight excluding hydrogens is 244 g/mol. The molecule has 0 saturated heterocycles. The zero-order valence-corrected chi connectivity index (χ0v) is 8.64. The SMILES string of the molecule is N#CC(C#N)N=Nc1ccc(Br)cc1. The van der Waals surface area contributed by atoms with Crippen molar-refractivity contribution >= 4 is 21.6 Å². The number of azo groups is 1. The Morgan fingerprint density at radius 3 is 2.21 bits per heavy atom. The van der Waals surface area contributed by atoms with Gasteiger partial charge in [0.25, 0.3) is 0 Å². The van der Waals surface area contributed by atoms with Gasteiger partial charge in [-0.1, -0.05) is 15.9 Å². The van der Waals surface area contributed by atoms with E-state index in [-0.39, 0.29) is 0 Å². The second-order valence-corrected chi connectivity index (χ2v) is 3.27. The van der Waals surface area contributed by atoms with Crippen molar-refractivity contribution in [3.63, 3.8) is 0 Å². The first-order valence-electron chi connectivity index (χ1n) is 3.72. The quantitative estimate of drug-likeness (QED) is 0.755. The van der Waals surface area contributed by atoms with Crippen LogP contribution < -0.4 is 0 Å². The topological polar surface area (TPSA) is 72.3 Å². The van der Waals surface area contributed by atoms with Crippen LogP contribution >= 0.6 is 15.9 Å². The van der Waals surface area contributed by atoms with E-state index >= 15 is 0 Å². The summed E-state index contributed by atoms with van der Waals surface area (Å²) in [7, 11) is 0. The van der Waals surface area contributed by atoms with Crippen molar-refractivity contribution in [1.82, 2.24) is 0 Å². The zero-order chi connectivity index (χ0) is 10.4. The number of benzene rings is 1. The molecule has 1 aromatic rings. The van der Waals surface area contributed by atoms with E-state index in [2.05, 4.69) is 26.2 Å². The van der Waals surface area contributed by atoms with Crippen molar-refractivity contribution < 1.29 is 0 Å². The third-order valence-electron chi connectivity index (χ3n) is 1.36. The van der Waals surface area contributed by atoms with Crippen LogP contribution in [0.25, 0.3) is 0 Å². The highest BCUT2D eigenvalue weighted by molar-refractivity contribution is 9.10. The van der Waals surface area contributed by atoms with Crippen LogP contribution in [0, 0.1) is 22.7 Å². The van der Waals surface area contributed by atoms with Gasteiger partial charge >= 0.3 is 0 Å². The molecule has 0 aliphatic rings. The molecule has 0 fully saturated rings. The van der Waals surface area contributed by atoms with Crippen molar-refractivity contribution in [3.05, 3.63) is 28.7 Å². The van der Waals surface area contributed by atoms with E-state index in [0.717, 1.165) is 4.47 Å². The average Bonchev–Trinajstić information content (AvgIpc) is 2.22. The summed E-state index contributed by atoms with van der Waals surface area (Å²) in [6, 6.07) is 9.46. The lowest BCUT2D eigenvalue weighted by Crippen LogP contribution is -1.92. The molecule has 0 N–H and O–H groups in total. The fraction of sp³-hybridized carbons (Fsp3) is 0.111. The summed E-state index contributed by atoms with van der Waals surface area (Å²) in [5.74, 6) is 0. The van der Waals surface area contributed by atoms with E-state index < -0.39 is 6.04 Å². The highest BCUT2D eigenvalue weighted by Gasteiger charge is 2.00. The minimum atomic E-state index is -1.03. The van der Waals surface area contributed by atoms with E-state index in [1.165, 1.54) is 0 Å². The summed E-state index contributed by atoms with van der Waals surface area (Å²) in [6.07, 6.45) is 0. The Morgan fingerprint density at radius 2 is 1.71 bits per heavy atom. The average molecular weight is 249 g/mol. The van der Waals surface area contributed by atoms with Crippen molar-refractivity contribution in [2.24, 2.45) is 10.2 Å². The van der Waals surface area contributed by atoms with Crippen LogP contribution in [0.4, 0.5) is 5.69 Å². The van der Waals surface area contributed by atoms with Gasteiger partial charge in [-0.25, -0.2) is 0 Å². The van der Waals surface area contributed by atoms with Gasteiger partial charge in [0.1, 0.15) is 12.1 Å². The Balaban J connectivity index is 2.75. The minimum Gasteiger partial charge on any atom is -0.195 e. The van der Waals surface area contributed by atoms with Gasteiger partial charge in [0, 0.05) is 4.47 Å². The van der Waals surface area contributed by atoms with Crippen LogP contribution in [0.2, 0.25) is 0 Å². The van der Waals surface area contributed by atoms with Gasteiger partial charge in [-0.15, -0.1) is 0 Å². The van der Waals surface area contributed by atoms with Gasteiger partial charge in [0.2, 0.25) is 6.04 Å². The molecule has 0 aliphatic heterocycles. The number of nitrogens with zero attached hydrogens (tertiary/aromatic N) is 4. The second kappa shape index (κ2) is 5.11. The van der Waals surface area contributed by atoms with Crippen LogP contribution in [0.1, 0.15) is 0 Å². The Kier molecular flexibility index (Phi) is 3.78. The molecule has 0 radical (unpaired) electrons. The van der Waals surface area contributed by atoms with Crippen molar-refractivity contribution in [2.45, 2.75) is 6.04 Å². The number of rotatable bonds is 2. The van der Waals surface area contributed by atoms with Gasteiger partial charge in [0.15, 0.2) is 0 Å². The molecule has 0 aliphatic carbocycles. The highest BCUT2D eigenvalue weighted by Crippen LogP contribution is 2.17. The maximum Gasteiger partial charge on any atom is 0.242 e. The number of nitriles is 2. The van der Waals surface area contributed by atoms with E-state index in [9.17, 15) is 0 Å². The standard InChI is InChI=1S/C9H5BrN4/c10-7-1-3-8(4-2-7)13-14-9(5-11)6-12/h1-4,9H.